The van der Waals surface area contributed by atoms with Gasteiger partial charge in [-0.3, -0.25) is 4.79 Å². The van der Waals surface area contributed by atoms with Crippen LogP contribution in [0, 0.1) is 5.82 Å². The Bertz CT molecular complexity index is 740. The molecule has 2 atom stereocenters. The quantitative estimate of drug-likeness (QED) is 0.709. The van der Waals surface area contributed by atoms with Crippen LogP contribution in [0.25, 0.3) is 0 Å². The van der Waals surface area contributed by atoms with Gasteiger partial charge in [-0.2, -0.15) is 13.2 Å². The largest absolute Gasteiger partial charge is 0.416 e. The summed E-state index contributed by atoms with van der Waals surface area (Å²) in [6.45, 7) is 3.57. The molecule has 0 aliphatic carbocycles. The highest BCUT2D eigenvalue weighted by Gasteiger charge is 2.30. The molecule has 6 heteroatoms. The van der Waals surface area contributed by atoms with Crippen LogP contribution in [0.4, 0.5) is 17.6 Å². The minimum absolute atomic E-state index is 0.146. The average molecular weight is 367 g/mol. The van der Waals surface area contributed by atoms with Crippen molar-refractivity contribution in [2.24, 2.45) is 0 Å². The van der Waals surface area contributed by atoms with Crippen molar-refractivity contribution >= 4 is 5.91 Å². The monoisotopic (exact) mass is 367 g/mol. The van der Waals surface area contributed by atoms with E-state index in [1.165, 1.54) is 18.2 Å². The Balaban J connectivity index is 1.89. The zero-order valence-corrected chi connectivity index (χ0v) is 14.6. The summed E-state index contributed by atoms with van der Waals surface area (Å²) >= 11 is 0. The van der Waals surface area contributed by atoms with Gasteiger partial charge in [-0.25, -0.2) is 4.39 Å². The number of benzene rings is 2. The molecule has 2 nitrogen and oxygen atoms in total. The Morgan fingerprint density at radius 2 is 1.65 bits per heavy atom. The molecule has 0 saturated heterocycles. The molecule has 2 aromatic rings. The van der Waals surface area contributed by atoms with Crippen LogP contribution in [-0.4, -0.2) is 11.9 Å². The van der Waals surface area contributed by atoms with E-state index in [-0.39, 0.29) is 30.1 Å². The standard InChI is InChI=1S/C20H21F4NO/c1-13(15-7-9-17(10-8-15)20(22,23)24)11-19(26)25-14(2)12-16-5-3-4-6-18(16)21/h3-10,13-14H,11-12H2,1-2H3,(H,25,26). The van der Waals surface area contributed by atoms with Crippen LogP contribution >= 0.6 is 0 Å². The van der Waals surface area contributed by atoms with Gasteiger partial charge in [0.1, 0.15) is 5.82 Å². The van der Waals surface area contributed by atoms with Crippen LogP contribution in [0.2, 0.25) is 0 Å². The lowest BCUT2D eigenvalue weighted by Crippen LogP contribution is -2.34. The summed E-state index contributed by atoms with van der Waals surface area (Å²) in [6, 6.07) is 11.0. The topological polar surface area (TPSA) is 29.1 Å². The average Bonchev–Trinajstić information content (AvgIpc) is 2.56. The van der Waals surface area contributed by atoms with E-state index in [1.54, 1.807) is 32.0 Å². The van der Waals surface area contributed by atoms with E-state index in [0.717, 1.165) is 12.1 Å². The Labute approximate surface area is 150 Å². The van der Waals surface area contributed by atoms with Gasteiger partial charge in [0.2, 0.25) is 5.91 Å². The molecule has 0 saturated carbocycles. The van der Waals surface area contributed by atoms with Crippen LogP contribution in [0.5, 0.6) is 0 Å². The predicted molar refractivity (Wildman–Crippen MR) is 92.2 cm³/mol. The van der Waals surface area contributed by atoms with Crippen LogP contribution in [0.3, 0.4) is 0 Å². The molecule has 2 unspecified atom stereocenters. The predicted octanol–water partition coefficient (Wildman–Crippen LogP) is 5.09. The van der Waals surface area contributed by atoms with Crippen molar-refractivity contribution in [2.45, 2.75) is 44.8 Å². The van der Waals surface area contributed by atoms with Gasteiger partial charge in [0.05, 0.1) is 5.56 Å². The molecule has 1 N–H and O–H groups in total. The van der Waals surface area contributed by atoms with Gasteiger partial charge >= 0.3 is 6.18 Å². The van der Waals surface area contributed by atoms with Crippen LogP contribution in [0.1, 0.15) is 42.9 Å². The number of hydrogen-bond donors (Lipinski definition) is 1. The van der Waals surface area contributed by atoms with E-state index in [2.05, 4.69) is 5.32 Å². The second kappa shape index (κ2) is 8.34. The second-order valence-corrected chi connectivity index (χ2v) is 6.49. The molecule has 0 radical (unpaired) electrons. The number of carbonyl (C=O) groups excluding carboxylic acids is 1. The van der Waals surface area contributed by atoms with E-state index in [9.17, 15) is 22.4 Å². The van der Waals surface area contributed by atoms with Crippen molar-refractivity contribution < 1.29 is 22.4 Å². The molecule has 0 heterocycles. The third-order valence-corrected chi connectivity index (χ3v) is 4.19. The van der Waals surface area contributed by atoms with Crippen molar-refractivity contribution in [2.75, 3.05) is 0 Å². The van der Waals surface area contributed by atoms with E-state index < -0.39 is 11.7 Å². The molecule has 2 aromatic carbocycles. The number of alkyl halides is 3. The van der Waals surface area contributed by atoms with Gasteiger partial charge in [0.15, 0.2) is 0 Å². The van der Waals surface area contributed by atoms with Gasteiger partial charge in [-0.1, -0.05) is 37.3 Å². The SMILES string of the molecule is CC(Cc1ccccc1F)NC(=O)CC(C)c1ccc(C(F)(F)F)cc1. The molecule has 26 heavy (non-hydrogen) atoms. The number of hydrogen-bond acceptors (Lipinski definition) is 1. The third kappa shape index (κ3) is 5.58. The highest BCUT2D eigenvalue weighted by Crippen LogP contribution is 2.30. The van der Waals surface area contributed by atoms with Crippen LogP contribution in [-0.2, 0) is 17.4 Å². The van der Waals surface area contributed by atoms with Crippen molar-refractivity contribution in [1.29, 1.82) is 0 Å². The fraction of sp³-hybridized carbons (Fsp3) is 0.350. The summed E-state index contributed by atoms with van der Waals surface area (Å²) in [7, 11) is 0. The molecule has 1 amide bonds. The summed E-state index contributed by atoms with van der Waals surface area (Å²) in [5, 5.41) is 2.81. The van der Waals surface area contributed by atoms with E-state index in [0.29, 0.717) is 17.5 Å². The van der Waals surface area contributed by atoms with E-state index in [4.69, 9.17) is 0 Å². The first-order valence-corrected chi connectivity index (χ1v) is 8.36. The molecule has 0 aliphatic rings. The lowest BCUT2D eigenvalue weighted by Gasteiger charge is -2.17. The van der Waals surface area contributed by atoms with Crippen molar-refractivity contribution in [1.82, 2.24) is 5.32 Å². The van der Waals surface area contributed by atoms with Gasteiger partial charge in [-0.15, -0.1) is 0 Å². The summed E-state index contributed by atoms with van der Waals surface area (Å²) in [4.78, 5) is 12.2. The Hall–Kier alpha value is -2.37. The summed E-state index contributed by atoms with van der Waals surface area (Å²) in [5.41, 5.74) is 0.474. The molecule has 0 spiro atoms. The maximum Gasteiger partial charge on any atom is 0.416 e. The van der Waals surface area contributed by atoms with E-state index >= 15 is 0 Å². The lowest BCUT2D eigenvalue weighted by molar-refractivity contribution is -0.137. The molecule has 0 fully saturated rings. The number of carbonyl (C=O) groups is 1. The van der Waals surface area contributed by atoms with Crippen molar-refractivity contribution in [3.05, 3.63) is 71.0 Å². The minimum Gasteiger partial charge on any atom is -0.353 e. The Morgan fingerprint density at radius 3 is 2.23 bits per heavy atom. The maximum atomic E-state index is 13.6. The Kier molecular flexibility index (Phi) is 6.40. The smallest absolute Gasteiger partial charge is 0.353 e. The molecule has 0 bridgehead atoms. The lowest BCUT2D eigenvalue weighted by atomic mass is 9.96. The fourth-order valence-corrected chi connectivity index (χ4v) is 2.78. The number of halogens is 4. The minimum atomic E-state index is -4.37. The van der Waals surface area contributed by atoms with Crippen molar-refractivity contribution in [3.8, 4) is 0 Å². The molecule has 2 rings (SSSR count). The first-order valence-electron chi connectivity index (χ1n) is 8.36. The third-order valence-electron chi connectivity index (χ3n) is 4.19. The first kappa shape index (κ1) is 19.9. The first-order chi connectivity index (χ1) is 12.2. The number of nitrogens with one attached hydrogen (secondary N) is 1. The summed E-state index contributed by atoms with van der Waals surface area (Å²) < 4.78 is 51.4. The van der Waals surface area contributed by atoms with Gasteiger partial charge < -0.3 is 5.32 Å². The maximum absolute atomic E-state index is 13.6. The molecule has 140 valence electrons. The van der Waals surface area contributed by atoms with Crippen molar-refractivity contribution in [3.63, 3.8) is 0 Å². The molecular formula is C20H21F4NO. The van der Waals surface area contributed by atoms with Gasteiger partial charge in [0.25, 0.3) is 0 Å². The number of rotatable bonds is 6. The van der Waals surface area contributed by atoms with Crippen LogP contribution in [0.15, 0.2) is 48.5 Å². The van der Waals surface area contributed by atoms with Gasteiger partial charge in [0, 0.05) is 12.5 Å². The zero-order chi connectivity index (χ0) is 19.3. The Morgan fingerprint density at radius 1 is 1.04 bits per heavy atom. The van der Waals surface area contributed by atoms with Gasteiger partial charge in [-0.05, 0) is 48.6 Å². The summed E-state index contributed by atoms with van der Waals surface area (Å²) in [5.74, 6) is -0.758. The zero-order valence-electron chi connectivity index (χ0n) is 14.6. The molecule has 0 aliphatic heterocycles. The number of amides is 1. The fourth-order valence-electron chi connectivity index (χ4n) is 2.78. The summed E-state index contributed by atoms with van der Waals surface area (Å²) in [6.07, 6.45) is -3.86. The van der Waals surface area contributed by atoms with Crippen LogP contribution < -0.4 is 5.32 Å². The highest BCUT2D eigenvalue weighted by atomic mass is 19.4. The normalized spacial score (nSPS) is 13.9. The molecule has 0 aromatic heterocycles. The second-order valence-electron chi connectivity index (χ2n) is 6.49. The van der Waals surface area contributed by atoms with E-state index in [1.807, 2.05) is 0 Å². The highest BCUT2D eigenvalue weighted by molar-refractivity contribution is 5.77. The molecular weight excluding hydrogens is 346 g/mol.